The van der Waals surface area contributed by atoms with Gasteiger partial charge in [-0.15, -0.1) is 0 Å². The number of rotatable bonds is 3. The Balaban J connectivity index is 1.47. The molecule has 1 unspecified atom stereocenters. The Bertz CT molecular complexity index is 1890. The standard InChI is InChI=1S/C31H32N2O7S2/c34-41(35,36)20-9-10-21(26(17-20)42(37,38)39)27-24-15-18-5-1-11-32-13-3-7-22(28(18)32)30(24)40-31-23-8-4-14-33-12-2-6-19(29(23)33)16-25(27)31/h9-10,15-17,30H,1-8,11-14H2,(H,34,35,36)(H,37,38,39). The fraction of sp³-hybridized carbons (Fsp3) is 0.419. The summed E-state index contributed by atoms with van der Waals surface area (Å²) in [6, 6.07) is 5.48. The maximum atomic E-state index is 12.7. The lowest BCUT2D eigenvalue weighted by Gasteiger charge is -2.44. The maximum absolute atomic E-state index is 12.7. The summed E-state index contributed by atoms with van der Waals surface area (Å²) in [6.45, 7) is 4.02. The van der Waals surface area contributed by atoms with Gasteiger partial charge in [0.1, 0.15) is 10.1 Å². The predicted octanol–water partition coefficient (Wildman–Crippen LogP) is 4.05. The van der Waals surface area contributed by atoms with Gasteiger partial charge in [-0.2, -0.15) is 8.42 Å². The van der Waals surface area contributed by atoms with Crippen LogP contribution < -0.4 is 4.90 Å². The van der Waals surface area contributed by atoms with Gasteiger partial charge in [0.25, 0.3) is 15.9 Å². The Morgan fingerprint density at radius 3 is 2.33 bits per heavy atom. The van der Waals surface area contributed by atoms with Gasteiger partial charge in [-0.1, -0.05) is 6.07 Å². The van der Waals surface area contributed by atoms with Gasteiger partial charge >= 0.3 is 0 Å². The third-order valence-electron chi connectivity index (χ3n) is 9.73. The number of aryl methyl sites for hydroxylation is 1. The van der Waals surface area contributed by atoms with Gasteiger partial charge in [-0.25, -0.2) is 8.42 Å². The van der Waals surface area contributed by atoms with Crippen LogP contribution in [-0.4, -0.2) is 67.9 Å². The van der Waals surface area contributed by atoms with Crippen LogP contribution in [0.4, 0.5) is 5.69 Å². The smallest absolute Gasteiger partial charge is 0.294 e. The van der Waals surface area contributed by atoms with Crippen molar-refractivity contribution in [2.45, 2.75) is 67.3 Å². The number of fused-ring (bicyclic) bond motifs is 4. The molecular formula is C31H32N2O7S2. The van der Waals surface area contributed by atoms with Crippen LogP contribution in [0.15, 0.2) is 62.5 Å². The number of allylic oxidation sites excluding steroid dienone is 1. The van der Waals surface area contributed by atoms with E-state index in [0.29, 0.717) is 5.57 Å². The maximum Gasteiger partial charge on any atom is 0.294 e. The summed E-state index contributed by atoms with van der Waals surface area (Å²) in [4.78, 5) is 3.64. The molecule has 0 bridgehead atoms. The highest BCUT2D eigenvalue weighted by Crippen LogP contribution is 2.54. The number of benzene rings is 2. The van der Waals surface area contributed by atoms with Gasteiger partial charge in [0, 0.05) is 48.6 Å². The van der Waals surface area contributed by atoms with Gasteiger partial charge in [-0.3, -0.25) is 4.55 Å². The molecule has 1 aliphatic carbocycles. The molecule has 0 amide bonds. The largest absolute Gasteiger partial charge is 0.744 e. The van der Waals surface area contributed by atoms with Crippen molar-refractivity contribution in [1.82, 2.24) is 4.90 Å². The molecule has 11 heteroatoms. The van der Waals surface area contributed by atoms with Gasteiger partial charge < -0.3 is 19.1 Å². The van der Waals surface area contributed by atoms with E-state index in [1.54, 1.807) is 0 Å². The first-order valence-electron chi connectivity index (χ1n) is 14.8. The highest BCUT2D eigenvalue weighted by atomic mass is 32.2. The number of aliphatic hydroxyl groups is 1. The monoisotopic (exact) mass is 608 g/mol. The fourth-order valence-electron chi connectivity index (χ4n) is 8.17. The van der Waals surface area contributed by atoms with Crippen molar-refractivity contribution in [2.24, 2.45) is 0 Å². The predicted molar refractivity (Wildman–Crippen MR) is 156 cm³/mol. The van der Waals surface area contributed by atoms with Crippen molar-refractivity contribution in [3.8, 4) is 5.75 Å². The van der Waals surface area contributed by atoms with Crippen LogP contribution >= 0.6 is 0 Å². The molecule has 0 saturated carbocycles. The molecule has 2 aromatic rings. The molecule has 5 heterocycles. The number of anilines is 1. The van der Waals surface area contributed by atoms with Crippen molar-refractivity contribution >= 4 is 31.5 Å². The van der Waals surface area contributed by atoms with Gasteiger partial charge in [0.2, 0.25) is 6.10 Å². The van der Waals surface area contributed by atoms with E-state index in [2.05, 4.69) is 21.9 Å². The SMILES string of the molecule is O=S(=O)([O-])c1cc(S(=O)(=O)O)ccc1C1=C2C=C3CCCN4CCCC(=C34)C2[OH+]c2c1cc1c3c2CCCN3CCC1. The third-order valence-corrected chi connectivity index (χ3v) is 11.5. The van der Waals surface area contributed by atoms with Crippen molar-refractivity contribution in [3.63, 3.8) is 0 Å². The summed E-state index contributed by atoms with van der Waals surface area (Å²) in [6.07, 6.45) is 9.48. The van der Waals surface area contributed by atoms with E-state index < -0.39 is 30.0 Å². The molecule has 0 spiro atoms. The van der Waals surface area contributed by atoms with E-state index in [0.717, 1.165) is 100 Å². The summed E-state index contributed by atoms with van der Waals surface area (Å²) in [5.41, 5.74) is 9.82. The molecule has 220 valence electrons. The topological polar surface area (TPSA) is 131 Å². The zero-order valence-corrected chi connectivity index (χ0v) is 24.7. The first-order valence-corrected chi connectivity index (χ1v) is 17.6. The number of ether oxygens (including phenoxy) is 1. The van der Waals surface area contributed by atoms with E-state index in [-0.39, 0.29) is 11.7 Å². The van der Waals surface area contributed by atoms with Crippen LogP contribution in [0.25, 0.3) is 5.57 Å². The van der Waals surface area contributed by atoms with Crippen LogP contribution in [0.2, 0.25) is 0 Å². The zero-order chi connectivity index (χ0) is 29.0. The quantitative estimate of drug-likeness (QED) is 0.408. The molecule has 2 aromatic carbocycles. The summed E-state index contributed by atoms with van der Waals surface area (Å²) in [7, 11) is -9.85. The molecule has 0 aromatic heterocycles. The summed E-state index contributed by atoms with van der Waals surface area (Å²) < 4.78 is 77.4. The Hall–Kier alpha value is -3.12. The minimum Gasteiger partial charge on any atom is -0.744 e. The number of aromatic hydroxyl groups is 1. The van der Waals surface area contributed by atoms with Crippen LogP contribution in [0.3, 0.4) is 0 Å². The Morgan fingerprint density at radius 2 is 1.57 bits per heavy atom. The lowest BCUT2D eigenvalue weighted by atomic mass is 9.75. The second-order valence-corrected chi connectivity index (χ2v) is 14.9. The lowest BCUT2D eigenvalue weighted by Crippen LogP contribution is -2.41. The Kier molecular flexibility index (Phi) is 5.80. The molecule has 1 fully saturated rings. The molecule has 1 saturated heterocycles. The average Bonchev–Trinajstić information content (AvgIpc) is 2.96. The average molecular weight is 609 g/mol. The molecule has 0 radical (unpaired) electrons. The number of nitrogens with zero attached hydrogens (tertiary/aromatic N) is 2. The van der Waals surface area contributed by atoms with Crippen LogP contribution in [0.5, 0.6) is 5.75 Å². The summed E-state index contributed by atoms with van der Waals surface area (Å²) in [5, 5.41) is 0. The van der Waals surface area contributed by atoms with Gasteiger partial charge in [-0.05, 0) is 86.8 Å². The number of hydrogen-bond donors (Lipinski definition) is 1. The lowest BCUT2D eigenvalue weighted by molar-refractivity contribution is 0.0221. The van der Waals surface area contributed by atoms with Crippen molar-refractivity contribution in [1.29, 1.82) is 0 Å². The minimum absolute atomic E-state index is 0.161. The highest BCUT2D eigenvalue weighted by molar-refractivity contribution is 7.86. The van der Waals surface area contributed by atoms with Crippen molar-refractivity contribution in [2.75, 3.05) is 31.1 Å². The number of piperidine rings is 1. The Morgan fingerprint density at radius 1 is 0.857 bits per heavy atom. The molecule has 9 nitrogen and oxygen atoms in total. The zero-order valence-electron chi connectivity index (χ0n) is 23.1. The molecule has 5 aliphatic heterocycles. The normalized spacial score (nSPS) is 23.0. The van der Waals surface area contributed by atoms with E-state index in [1.165, 1.54) is 45.8 Å². The van der Waals surface area contributed by atoms with Gasteiger partial charge in [0.05, 0.1) is 32.2 Å². The fourth-order valence-corrected chi connectivity index (χ4v) is 9.46. The van der Waals surface area contributed by atoms with E-state index in [9.17, 15) is 25.9 Å². The van der Waals surface area contributed by atoms with E-state index in [4.69, 9.17) is 4.74 Å². The summed E-state index contributed by atoms with van der Waals surface area (Å²) in [5.74, 6) is 0.857. The molecular weight excluding hydrogens is 576 g/mol. The van der Waals surface area contributed by atoms with Crippen molar-refractivity contribution in [3.05, 3.63) is 75.0 Å². The highest BCUT2D eigenvalue weighted by Gasteiger charge is 2.45. The van der Waals surface area contributed by atoms with E-state index in [1.807, 2.05) is 0 Å². The second kappa shape index (κ2) is 9.19. The minimum atomic E-state index is -5.12. The molecule has 6 aliphatic rings. The van der Waals surface area contributed by atoms with Crippen LogP contribution in [0, 0.1) is 0 Å². The molecule has 42 heavy (non-hydrogen) atoms. The van der Waals surface area contributed by atoms with Gasteiger partial charge in [0.15, 0.2) is 0 Å². The molecule has 1 atom stereocenters. The van der Waals surface area contributed by atoms with Crippen molar-refractivity contribution < 1.29 is 30.7 Å². The van der Waals surface area contributed by atoms with E-state index >= 15 is 0 Å². The van der Waals surface area contributed by atoms with Crippen LogP contribution in [-0.2, 0) is 33.1 Å². The third kappa shape index (κ3) is 3.93. The molecule has 2 N–H and O–H groups in total. The molecule has 8 rings (SSSR count). The summed E-state index contributed by atoms with van der Waals surface area (Å²) >= 11 is 0. The Labute approximate surface area is 245 Å². The number of hydrogen-bond acceptors (Lipinski definition) is 7. The first kappa shape index (κ1) is 26.5. The first-order chi connectivity index (χ1) is 20.1. The van der Waals surface area contributed by atoms with Crippen LogP contribution in [0.1, 0.15) is 60.8 Å². The second-order valence-electron chi connectivity index (χ2n) is 12.1.